The Balaban J connectivity index is 1.41. The number of hydrogen-bond donors (Lipinski definition) is 3. The average molecular weight is 464 g/mol. The number of methoxy groups -OCH3 is 1. The quantitative estimate of drug-likeness (QED) is 0.466. The molecular weight excluding hydrogens is 444 g/mol. The number of H-pyrrole nitrogens is 1. The summed E-state index contributed by atoms with van der Waals surface area (Å²) in [6.45, 7) is -0.201. The van der Waals surface area contributed by atoms with Gasteiger partial charge >= 0.3 is 6.18 Å². The van der Waals surface area contributed by atoms with E-state index in [4.69, 9.17) is 4.74 Å². The Morgan fingerprint density at radius 3 is 2.70 bits per heavy atom. The number of aromatic amines is 1. The summed E-state index contributed by atoms with van der Waals surface area (Å²) in [5.74, 6) is -2.49. The van der Waals surface area contributed by atoms with Crippen molar-refractivity contribution < 1.29 is 31.9 Å². The lowest BCUT2D eigenvalue weighted by Crippen LogP contribution is -2.47. The zero-order valence-electron chi connectivity index (χ0n) is 17.4. The van der Waals surface area contributed by atoms with Crippen molar-refractivity contribution in [3.8, 4) is 0 Å². The molecule has 2 aromatic carbocycles. The van der Waals surface area contributed by atoms with Crippen molar-refractivity contribution >= 4 is 28.5 Å². The summed E-state index contributed by atoms with van der Waals surface area (Å²) >= 11 is 0. The number of ether oxygens (including phenoxy) is 1. The van der Waals surface area contributed by atoms with Crippen LogP contribution >= 0.6 is 0 Å². The molecule has 0 saturated heterocycles. The number of halogens is 4. The number of amides is 2. The number of rotatable bonds is 7. The first-order chi connectivity index (χ1) is 15.7. The third-order valence-corrected chi connectivity index (χ3v) is 5.39. The summed E-state index contributed by atoms with van der Waals surface area (Å²) in [7, 11) is 1.32. The van der Waals surface area contributed by atoms with Crippen molar-refractivity contribution in [1.29, 1.82) is 0 Å². The predicted octanol–water partition coefficient (Wildman–Crippen LogP) is 3.59. The molecule has 3 atom stereocenters. The lowest BCUT2D eigenvalue weighted by molar-refractivity contribution is -0.140. The van der Waals surface area contributed by atoms with Crippen LogP contribution in [0.1, 0.15) is 23.7 Å². The molecule has 0 aliphatic heterocycles. The summed E-state index contributed by atoms with van der Waals surface area (Å²) < 4.78 is 57.2. The van der Waals surface area contributed by atoms with E-state index >= 15 is 0 Å². The number of fused-ring (bicyclic) bond motifs is 1. The van der Waals surface area contributed by atoms with Gasteiger partial charge < -0.3 is 20.4 Å². The maximum atomic E-state index is 13.5. The molecule has 11 heteroatoms. The van der Waals surface area contributed by atoms with Gasteiger partial charge in [-0.2, -0.15) is 13.2 Å². The van der Waals surface area contributed by atoms with Crippen LogP contribution in [0.15, 0.2) is 42.5 Å². The number of anilines is 1. The molecule has 1 fully saturated rings. The lowest BCUT2D eigenvalue weighted by Gasteiger charge is -2.18. The summed E-state index contributed by atoms with van der Waals surface area (Å²) in [6.07, 6.45) is -4.37. The van der Waals surface area contributed by atoms with Gasteiger partial charge in [-0.25, -0.2) is 9.37 Å². The fourth-order valence-corrected chi connectivity index (χ4v) is 3.61. The van der Waals surface area contributed by atoms with Crippen LogP contribution in [0.5, 0.6) is 0 Å². The zero-order valence-corrected chi connectivity index (χ0v) is 17.4. The molecule has 3 aromatic rings. The van der Waals surface area contributed by atoms with Crippen molar-refractivity contribution in [3.05, 3.63) is 59.7 Å². The second-order valence-electron chi connectivity index (χ2n) is 7.79. The highest BCUT2D eigenvalue weighted by Gasteiger charge is 2.46. The lowest BCUT2D eigenvalue weighted by atomic mass is 10.1. The third-order valence-electron chi connectivity index (χ3n) is 5.39. The fraction of sp³-hybridized carbons (Fsp3) is 0.318. The Bertz CT molecular complexity index is 1160. The largest absolute Gasteiger partial charge is 0.419 e. The second kappa shape index (κ2) is 8.81. The number of carbonyl (C=O) groups excluding carboxylic acids is 2. The van der Waals surface area contributed by atoms with E-state index in [1.807, 2.05) is 24.3 Å². The van der Waals surface area contributed by atoms with Crippen LogP contribution in [-0.2, 0) is 20.5 Å². The number of nitrogens with zero attached hydrogens (tertiary/aromatic N) is 1. The number of alkyl halides is 3. The minimum absolute atomic E-state index is 0.130. The smallest absolute Gasteiger partial charge is 0.382 e. The van der Waals surface area contributed by atoms with E-state index in [1.54, 1.807) is 0 Å². The van der Waals surface area contributed by atoms with Gasteiger partial charge in [0.05, 0.1) is 23.2 Å². The SMILES string of the molecule is COC[C@H](NC(=O)[C@H]1C[C@@H]1c1nc2ccccc2[nH]1)C(=O)Nc1ccc(F)c(C(F)(F)F)c1. The zero-order chi connectivity index (χ0) is 23.8. The van der Waals surface area contributed by atoms with E-state index in [1.165, 1.54) is 7.11 Å². The number of imidazole rings is 1. The summed E-state index contributed by atoms with van der Waals surface area (Å²) in [5.41, 5.74) is -0.115. The van der Waals surface area contributed by atoms with Crippen molar-refractivity contribution in [3.63, 3.8) is 0 Å². The standard InChI is InChI=1S/C22H20F4N4O3/c1-33-10-18(21(32)27-11-6-7-15(23)14(8-11)22(24,25)26)30-20(31)13-9-12(13)19-28-16-4-2-3-5-17(16)29-19/h2-8,12-13,18H,9-10H2,1H3,(H,27,32)(H,28,29)(H,30,31)/t12-,13-,18-/m0/s1. The first-order valence-electron chi connectivity index (χ1n) is 10.1. The molecule has 1 aromatic heterocycles. The number of carbonyl (C=O) groups is 2. The van der Waals surface area contributed by atoms with Gasteiger partial charge in [0.2, 0.25) is 11.8 Å². The molecule has 174 valence electrons. The molecule has 1 aliphatic carbocycles. The molecule has 33 heavy (non-hydrogen) atoms. The Labute approximate surface area is 185 Å². The molecular formula is C22H20F4N4O3. The first kappa shape index (κ1) is 22.7. The minimum Gasteiger partial charge on any atom is -0.382 e. The van der Waals surface area contributed by atoms with E-state index in [2.05, 4.69) is 20.6 Å². The van der Waals surface area contributed by atoms with Crippen LogP contribution in [-0.4, -0.2) is 41.5 Å². The molecule has 7 nitrogen and oxygen atoms in total. The van der Waals surface area contributed by atoms with Gasteiger partial charge in [-0.15, -0.1) is 0 Å². The molecule has 4 rings (SSSR count). The van der Waals surface area contributed by atoms with Gasteiger partial charge in [0.1, 0.15) is 17.7 Å². The molecule has 0 radical (unpaired) electrons. The fourth-order valence-electron chi connectivity index (χ4n) is 3.61. The Morgan fingerprint density at radius 2 is 2.00 bits per heavy atom. The van der Waals surface area contributed by atoms with Gasteiger partial charge in [-0.3, -0.25) is 9.59 Å². The van der Waals surface area contributed by atoms with Crippen LogP contribution in [0.25, 0.3) is 11.0 Å². The van der Waals surface area contributed by atoms with E-state index < -0.39 is 41.3 Å². The molecule has 2 amide bonds. The number of benzene rings is 2. The molecule has 0 spiro atoms. The van der Waals surface area contributed by atoms with Crippen molar-refractivity contribution in [1.82, 2.24) is 15.3 Å². The topological polar surface area (TPSA) is 96.1 Å². The van der Waals surface area contributed by atoms with Crippen LogP contribution in [0.3, 0.4) is 0 Å². The average Bonchev–Trinajstić information content (AvgIpc) is 3.45. The van der Waals surface area contributed by atoms with Crippen LogP contribution < -0.4 is 10.6 Å². The summed E-state index contributed by atoms with van der Waals surface area (Å²) in [6, 6.07) is 8.42. The van der Waals surface area contributed by atoms with Crippen LogP contribution in [0.4, 0.5) is 23.2 Å². The van der Waals surface area contributed by atoms with Gasteiger partial charge in [0.25, 0.3) is 0 Å². The second-order valence-corrected chi connectivity index (χ2v) is 7.79. The highest BCUT2D eigenvalue weighted by atomic mass is 19.4. The molecule has 1 saturated carbocycles. The summed E-state index contributed by atoms with van der Waals surface area (Å²) in [5, 5.41) is 4.85. The van der Waals surface area contributed by atoms with E-state index in [9.17, 15) is 27.2 Å². The predicted molar refractivity (Wildman–Crippen MR) is 111 cm³/mol. The highest BCUT2D eigenvalue weighted by Crippen LogP contribution is 2.46. The Hall–Kier alpha value is -3.47. The maximum Gasteiger partial charge on any atom is 0.419 e. The number of aromatic nitrogens is 2. The van der Waals surface area contributed by atoms with E-state index in [0.29, 0.717) is 24.4 Å². The molecule has 3 N–H and O–H groups in total. The van der Waals surface area contributed by atoms with E-state index in [0.717, 1.165) is 17.1 Å². The molecule has 0 bridgehead atoms. The summed E-state index contributed by atoms with van der Waals surface area (Å²) in [4.78, 5) is 33.0. The van der Waals surface area contributed by atoms with Crippen molar-refractivity contribution in [2.24, 2.45) is 5.92 Å². The van der Waals surface area contributed by atoms with Crippen LogP contribution in [0.2, 0.25) is 0 Å². The van der Waals surface area contributed by atoms with Crippen LogP contribution in [0, 0.1) is 11.7 Å². The van der Waals surface area contributed by atoms with Crippen molar-refractivity contribution in [2.75, 3.05) is 19.0 Å². The number of para-hydroxylation sites is 2. The first-order valence-corrected chi connectivity index (χ1v) is 10.1. The maximum absolute atomic E-state index is 13.5. The monoisotopic (exact) mass is 464 g/mol. The number of hydrogen-bond acceptors (Lipinski definition) is 4. The van der Waals surface area contributed by atoms with Gasteiger partial charge in [0.15, 0.2) is 0 Å². The van der Waals surface area contributed by atoms with Gasteiger partial charge in [-0.05, 0) is 36.8 Å². The highest BCUT2D eigenvalue weighted by molar-refractivity contribution is 5.98. The van der Waals surface area contributed by atoms with E-state index in [-0.39, 0.29) is 18.2 Å². The molecule has 1 aliphatic rings. The molecule has 1 heterocycles. The Kier molecular flexibility index (Phi) is 6.07. The molecule has 0 unspecified atom stereocenters. The minimum atomic E-state index is -4.91. The van der Waals surface area contributed by atoms with Gasteiger partial charge in [-0.1, -0.05) is 12.1 Å². The van der Waals surface area contributed by atoms with Gasteiger partial charge in [0, 0.05) is 24.6 Å². The van der Waals surface area contributed by atoms with Crippen molar-refractivity contribution in [2.45, 2.75) is 24.6 Å². The Morgan fingerprint density at radius 1 is 1.24 bits per heavy atom. The number of nitrogens with one attached hydrogen (secondary N) is 3. The third kappa shape index (κ3) is 4.98. The normalized spacial score (nSPS) is 18.7.